The predicted molar refractivity (Wildman–Crippen MR) is 107 cm³/mol. The SMILES string of the molecule is C[C@H]1C[C@H](c2cccc(Sc3ccc(-c4ccnn4C)cc3)c2F)CCO1. The molecule has 0 radical (unpaired) electrons. The molecule has 27 heavy (non-hydrogen) atoms. The molecule has 0 saturated carbocycles. The molecule has 3 nitrogen and oxygen atoms in total. The number of ether oxygens (including phenoxy) is 1. The van der Waals surface area contributed by atoms with Crippen molar-refractivity contribution in [1.82, 2.24) is 9.78 Å². The van der Waals surface area contributed by atoms with Crippen molar-refractivity contribution in [2.24, 2.45) is 7.05 Å². The maximum atomic E-state index is 15.2. The smallest absolute Gasteiger partial charge is 0.140 e. The minimum absolute atomic E-state index is 0.0858. The van der Waals surface area contributed by atoms with Gasteiger partial charge in [0, 0.05) is 29.6 Å². The van der Waals surface area contributed by atoms with Gasteiger partial charge in [-0.2, -0.15) is 5.10 Å². The quantitative estimate of drug-likeness (QED) is 0.582. The second-order valence-corrected chi connectivity index (χ2v) is 8.14. The molecule has 1 saturated heterocycles. The van der Waals surface area contributed by atoms with Crippen LogP contribution in [0.3, 0.4) is 0 Å². The minimum atomic E-state index is -0.0858. The summed E-state index contributed by atoms with van der Waals surface area (Å²) in [6, 6.07) is 15.9. The molecular formula is C22H23FN2OS. The first kappa shape index (κ1) is 18.3. The van der Waals surface area contributed by atoms with Crippen LogP contribution in [0.25, 0.3) is 11.3 Å². The van der Waals surface area contributed by atoms with Gasteiger partial charge in [-0.05, 0) is 61.1 Å². The van der Waals surface area contributed by atoms with Crippen molar-refractivity contribution < 1.29 is 9.13 Å². The van der Waals surface area contributed by atoms with Crippen LogP contribution in [0.2, 0.25) is 0 Å². The fraction of sp³-hybridized carbons (Fsp3) is 0.318. The molecular weight excluding hydrogens is 359 g/mol. The van der Waals surface area contributed by atoms with Gasteiger partial charge in [-0.25, -0.2) is 4.39 Å². The van der Waals surface area contributed by atoms with Crippen molar-refractivity contribution in [1.29, 1.82) is 0 Å². The van der Waals surface area contributed by atoms with Gasteiger partial charge in [-0.15, -0.1) is 0 Å². The molecule has 2 heterocycles. The van der Waals surface area contributed by atoms with E-state index in [9.17, 15) is 0 Å². The van der Waals surface area contributed by atoms with Gasteiger partial charge in [-0.1, -0.05) is 36.0 Å². The van der Waals surface area contributed by atoms with E-state index in [0.717, 1.165) is 34.6 Å². The lowest BCUT2D eigenvalue weighted by atomic mass is 9.89. The fourth-order valence-electron chi connectivity index (χ4n) is 3.68. The van der Waals surface area contributed by atoms with Crippen molar-refractivity contribution in [3.05, 3.63) is 66.1 Å². The Balaban J connectivity index is 1.54. The van der Waals surface area contributed by atoms with Crippen LogP contribution in [0.4, 0.5) is 4.39 Å². The second-order valence-electron chi connectivity index (χ2n) is 7.03. The number of hydrogen-bond donors (Lipinski definition) is 0. The molecule has 2 atom stereocenters. The Bertz CT molecular complexity index is 922. The molecule has 1 aliphatic rings. The lowest BCUT2D eigenvalue weighted by Crippen LogP contribution is -2.22. The minimum Gasteiger partial charge on any atom is -0.378 e. The van der Waals surface area contributed by atoms with Gasteiger partial charge in [0.05, 0.1) is 11.8 Å². The standard InChI is InChI=1S/C22H23FN2OS/c1-15-14-17(11-13-26-15)19-4-3-5-21(22(19)23)27-18-8-6-16(7-9-18)20-10-12-24-25(20)2/h3-10,12,15,17H,11,13-14H2,1-2H3/t15-,17+/m0/s1. The highest BCUT2D eigenvalue weighted by Gasteiger charge is 2.24. The summed E-state index contributed by atoms with van der Waals surface area (Å²) in [5, 5.41) is 4.21. The summed E-state index contributed by atoms with van der Waals surface area (Å²) in [4.78, 5) is 1.71. The van der Waals surface area contributed by atoms with Gasteiger partial charge in [0.15, 0.2) is 0 Å². The van der Waals surface area contributed by atoms with E-state index in [-0.39, 0.29) is 17.8 Å². The summed E-state index contributed by atoms with van der Waals surface area (Å²) in [6.07, 6.45) is 3.74. The number of nitrogens with zero attached hydrogens (tertiary/aromatic N) is 2. The Kier molecular flexibility index (Phi) is 5.32. The van der Waals surface area contributed by atoms with E-state index >= 15 is 4.39 Å². The Morgan fingerprint density at radius 2 is 1.96 bits per heavy atom. The maximum Gasteiger partial charge on any atom is 0.140 e. The number of halogens is 1. The lowest BCUT2D eigenvalue weighted by Gasteiger charge is -2.28. The Labute approximate surface area is 163 Å². The summed E-state index contributed by atoms with van der Waals surface area (Å²) in [5.74, 6) is 0.152. The molecule has 2 aromatic carbocycles. The molecule has 1 aromatic heterocycles. The van der Waals surface area contributed by atoms with Crippen LogP contribution in [-0.2, 0) is 11.8 Å². The van der Waals surface area contributed by atoms with Crippen molar-refractivity contribution in [2.45, 2.75) is 41.6 Å². The predicted octanol–water partition coefficient (Wildman–Crippen LogP) is 5.66. The molecule has 3 aromatic rings. The average Bonchev–Trinajstić information content (AvgIpc) is 3.10. The van der Waals surface area contributed by atoms with Crippen molar-refractivity contribution >= 4 is 11.8 Å². The van der Waals surface area contributed by atoms with Crippen LogP contribution < -0.4 is 0 Å². The Morgan fingerprint density at radius 1 is 1.15 bits per heavy atom. The topological polar surface area (TPSA) is 27.1 Å². The molecule has 0 bridgehead atoms. The third kappa shape index (κ3) is 3.94. The van der Waals surface area contributed by atoms with Crippen LogP contribution >= 0.6 is 11.8 Å². The highest BCUT2D eigenvalue weighted by molar-refractivity contribution is 7.99. The zero-order valence-corrected chi connectivity index (χ0v) is 16.4. The molecule has 140 valence electrons. The van der Waals surface area contributed by atoms with Crippen LogP contribution in [0.15, 0.2) is 64.5 Å². The molecule has 0 aliphatic carbocycles. The van der Waals surface area contributed by atoms with Crippen LogP contribution in [-0.4, -0.2) is 22.5 Å². The van der Waals surface area contributed by atoms with E-state index in [4.69, 9.17) is 4.74 Å². The zero-order valence-electron chi connectivity index (χ0n) is 15.6. The highest BCUT2D eigenvalue weighted by atomic mass is 32.2. The summed E-state index contributed by atoms with van der Waals surface area (Å²) in [6.45, 7) is 2.77. The maximum absolute atomic E-state index is 15.2. The van der Waals surface area contributed by atoms with E-state index < -0.39 is 0 Å². The number of aromatic nitrogens is 2. The lowest BCUT2D eigenvalue weighted by molar-refractivity contribution is 0.0181. The van der Waals surface area contributed by atoms with Gasteiger partial charge < -0.3 is 4.74 Å². The first-order valence-corrected chi connectivity index (χ1v) is 10.1. The Hall–Kier alpha value is -2.11. The second kappa shape index (κ2) is 7.87. The van der Waals surface area contributed by atoms with Gasteiger partial charge in [0.1, 0.15) is 5.82 Å². The molecule has 0 unspecified atom stereocenters. The largest absolute Gasteiger partial charge is 0.378 e. The third-order valence-electron chi connectivity index (χ3n) is 5.12. The number of aryl methyl sites for hydroxylation is 1. The fourth-order valence-corrected chi connectivity index (χ4v) is 4.56. The number of benzene rings is 2. The van der Waals surface area contributed by atoms with Crippen LogP contribution in [0, 0.1) is 5.82 Å². The van der Waals surface area contributed by atoms with E-state index in [1.165, 1.54) is 11.8 Å². The van der Waals surface area contributed by atoms with E-state index in [1.54, 1.807) is 6.20 Å². The summed E-state index contributed by atoms with van der Waals surface area (Å²) in [7, 11) is 1.93. The van der Waals surface area contributed by atoms with Crippen LogP contribution in [0.5, 0.6) is 0 Å². The average molecular weight is 383 g/mol. The third-order valence-corrected chi connectivity index (χ3v) is 6.16. The molecule has 5 heteroatoms. The normalized spacial score (nSPS) is 20.0. The van der Waals surface area contributed by atoms with Crippen LogP contribution in [0.1, 0.15) is 31.2 Å². The van der Waals surface area contributed by atoms with Gasteiger partial charge in [-0.3, -0.25) is 4.68 Å². The summed E-state index contributed by atoms with van der Waals surface area (Å²) in [5.41, 5.74) is 2.99. The van der Waals surface area contributed by atoms with Gasteiger partial charge >= 0.3 is 0 Å². The molecule has 4 rings (SSSR count). The first-order chi connectivity index (χ1) is 13.1. The molecule has 1 aliphatic heterocycles. The number of hydrogen-bond acceptors (Lipinski definition) is 3. The van der Waals surface area contributed by atoms with E-state index in [0.29, 0.717) is 11.5 Å². The molecule has 0 amide bonds. The summed E-state index contributed by atoms with van der Waals surface area (Å²) < 4.78 is 22.6. The van der Waals surface area contributed by atoms with Crippen molar-refractivity contribution in [3.63, 3.8) is 0 Å². The van der Waals surface area contributed by atoms with E-state index in [1.807, 2.05) is 48.1 Å². The highest BCUT2D eigenvalue weighted by Crippen LogP contribution is 2.37. The molecule has 0 spiro atoms. The summed E-state index contributed by atoms with van der Waals surface area (Å²) >= 11 is 1.47. The zero-order chi connectivity index (χ0) is 18.8. The van der Waals surface area contributed by atoms with Crippen molar-refractivity contribution in [3.8, 4) is 11.3 Å². The Morgan fingerprint density at radius 3 is 2.67 bits per heavy atom. The number of rotatable bonds is 4. The van der Waals surface area contributed by atoms with Crippen molar-refractivity contribution in [2.75, 3.05) is 6.61 Å². The van der Waals surface area contributed by atoms with Gasteiger partial charge in [0.25, 0.3) is 0 Å². The van der Waals surface area contributed by atoms with E-state index in [2.05, 4.69) is 24.2 Å². The molecule has 0 N–H and O–H groups in total. The van der Waals surface area contributed by atoms with Gasteiger partial charge in [0.2, 0.25) is 0 Å². The first-order valence-electron chi connectivity index (χ1n) is 9.28. The molecule has 1 fully saturated rings. The monoisotopic (exact) mass is 382 g/mol.